The van der Waals surface area contributed by atoms with Crippen molar-refractivity contribution in [3.63, 3.8) is 0 Å². The van der Waals surface area contributed by atoms with Crippen LogP contribution in [0.25, 0.3) is 0 Å². The van der Waals surface area contributed by atoms with E-state index >= 15 is 0 Å². The Balaban J connectivity index is 2.64. The normalized spacial score (nSPS) is 13.8. The van der Waals surface area contributed by atoms with Gasteiger partial charge in [-0.05, 0) is 0 Å². The first-order valence-corrected chi connectivity index (χ1v) is 5.02. The summed E-state index contributed by atoms with van der Waals surface area (Å²) < 4.78 is 44.4. The van der Waals surface area contributed by atoms with E-state index < -0.39 is 18.0 Å². The number of nitrogens with zero attached hydrogens (tertiary/aromatic N) is 2. The molecule has 1 aromatic rings. The molecule has 0 aliphatic carbocycles. The molecular formula is C7H10F3N3O2S. The fraction of sp³-hybridized carbons (Fsp3) is 0.714. The number of rotatable bonds is 5. The first-order chi connectivity index (χ1) is 7.47. The van der Waals surface area contributed by atoms with Gasteiger partial charge in [0.15, 0.2) is 0 Å². The van der Waals surface area contributed by atoms with Gasteiger partial charge < -0.3 is 15.2 Å². The highest BCUT2D eigenvalue weighted by Gasteiger charge is 2.36. The summed E-state index contributed by atoms with van der Waals surface area (Å²) in [4.78, 5) is 3.26. The third-order valence-corrected chi connectivity index (χ3v) is 2.24. The summed E-state index contributed by atoms with van der Waals surface area (Å²) in [5, 5.41) is 11.5. The monoisotopic (exact) mass is 257 g/mol. The van der Waals surface area contributed by atoms with Crippen molar-refractivity contribution >= 4 is 16.7 Å². The van der Waals surface area contributed by atoms with Crippen LogP contribution in [-0.2, 0) is 10.9 Å². The van der Waals surface area contributed by atoms with E-state index in [0.29, 0.717) is 11.5 Å². The molecule has 1 rings (SSSR count). The second kappa shape index (κ2) is 5.41. The van der Waals surface area contributed by atoms with Gasteiger partial charge in [0.1, 0.15) is 0 Å². The SMILES string of the molecule is COCC(CO)Nc1nc(C(F)(F)F)ns1. The van der Waals surface area contributed by atoms with E-state index in [2.05, 4.69) is 14.7 Å². The van der Waals surface area contributed by atoms with Gasteiger partial charge in [0.2, 0.25) is 11.0 Å². The summed E-state index contributed by atoms with van der Waals surface area (Å²) in [6, 6.07) is -0.501. The number of hydrogen-bond donors (Lipinski definition) is 2. The van der Waals surface area contributed by atoms with E-state index in [4.69, 9.17) is 9.84 Å². The molecule has 0 saturated carbocycles. The number of aliphatic hydroxyl groups excluding tert-OH is 1. The topological polar surface area (TPSA) is 67.3 Å². The standard InChI is InChI=1S/C7H10F3N3O2S/c1-15-3-4(2-14)11-6-12-5(13-16-6)7(8,9)10/h4,14H,2-3H2,1H3,(H,11,12,13). The average molecular weight is 257 g/mol. The van der Waals surface area contributed by atoms with Gasteiger partial charge in [-0.1, -0.05) is 0 Å². The van der Waals surface area contributed by atoms with Gasteiger partial charge in [0.25, 0.3) is 0 Å². The highest BCUT2D eigenvalue weighted by molar-refractivity contribution is 7.09. The zero-order chi connectivity index (χ0) is 12.2. The van der Waals surface area contributed by atoms with E-state index in [9.17, 15) is 13.2 Å². The second-order valence-electron chi connectivity index (χ2n) is 2.90. The lowest BCUT2D eigenvalue weighted by atomic mass is 10.3. The van der Waals surface area contributed by atoms with Crippen LogP contribution < -0.4 is 5.32 Å². The summed E-state index contributed by atoms with van der Waals surface area (Å²) in [6.45, 7) is -0.105. The summed E-state index contributed by atoms with van der Waals surface area (Å²) in [7, 11) is 1.42. The second-order valence-corrected chi connectivity index (χ2v) is 3.65. The smallest absolute Gasteiger partial charge is 0.394 e. The van der Waals surface area contributed by atoms with Crippen molar-refractivity contribution in [2.75, 3.05) is 25.6 Å². The van der Waals surface area contributed by atoms with Crippen molar-refractivity contribution in [3.05, 3.63) is 5.82 Å². The maximum atomic E-state index is 12.1. The zero-order valence-corrected chi connectivity index (χ0v) is 9.10. The predicted molar refractivity (Wildman–Crippen MR) is 51.3 cm³/mol. The van der Waals surface area contributed by atoms with Crippen molar-refractivity contribution in [3.8, 4) is 0 Å². The summed E-state index contributed by atoms with van der Waals surface area (Å²) in [5.41, 5.74) is 0. The Kier molecular flexibility index (Phi) is 4.44. The van der Waals surface area contributed by atoms with Crippen LogP contribution in [-0.4, -0.2) is 40.8 Å². The number of aliphatic hydroxyl groups is 1. The fourth-order valence-corrected chi connectivity index (χ4v) is 1.58. The highest BCUT2D eigenvalue weighted by Crippen LogP contribution is 2.29. The van der Waals surface area contributed by atoms with E-state index in [0.717, 1.165) is 0 Å². The molecule has 0 fully saturated rings. The number of hydrogen-bond acceptors (Lipinski definition) is 6. The Morgan fingerprint density at radius 1 is 1.56 bits per heavy atom. The Morgan fingerprint density at radius 2 is 2.25 bits per heavy atom. The fourth-order valence-electron chi connectivity index (χ4n) is 0.913. The van der Waals surface area contributed by atoms with Gasteiger partial charge in [-0.3, -0.25) is 0 Å². The van der Waals surface area contributed by atoms with Crippen LogP contribution in [0, 0.1) is 0 Å². The number of ether oxygens (including phenoxy) is 1. The van der Waals surface area contributed by atoms with Crippen LogP contribution in [0.15, 0.2) is 0 Å². The molecule has 16 heavy (non-hydrogen) atoms. The number of methoxy groups -OCH3 is 1. The molecule has 1 unspecified atom stereocenters. The molecule has 0 aromatic carbocycles. The van der Waals surface area contributed by atoms with Gasteiger partial charge in [-0.15, -0.1) is 0 Å². The van der Waals surface area contributed by atoms with Crippen molar-refractivity contribution < 1.29 is 23.0 Å². The van der Waals surface area contributed by atoms with Crippen molar-refractivity contribution in [2.24, 2.45) is 0 Å². The van der Waals surface area contributed by atoms with Crippen molar-refractivity contribution in [1.29, 1.82) is 0 Å². The molecule has 0 saturated heterocycles. The average Bonchev–Trinajstić information content (AvgIpc) is 2.65. The quantitative estimate of drug-likeness (QED) is 0.823. The van der Waals surface area contributed by atoms with Crippen LogP contribution in [0.2, 0.25) is 0 Å². The Bertz CT molecular complexity index is 331. The molecule has 0 amide bonds. The summed E-state index contributed by atoms with van der Waals surface area (Å²) in [5.74, 6) is -1.19. The Morgan fingerprint density at radius 3 is 2.69 bits per heavy atom. The first-order valence-electron chi connectivity index (χ1n) is 4.24. The van der Waals surface area contributed by atoms with Crippen molar-refractivity contribution in [1.82, 2.24) is 9.36 Å². The number of aromatic nitrogens is 2. The summed E-state index contributed by atoms with van der Waals surface area (Å²) >= 11 is 0.587. The van der Waals surface area contributed by atoms with Gasteiger partial charge in [-0.25, -0.2) is 0 Å². The van der Waals surface area contributed by atoms with Crippen LogP contribution in [0.1, 0.15) is 5.82 Å². The maximum absolute atomic E-state index is 12.1. The van der Waals surface area contributed by atoms with Gasteiger partial charge in [0, 0.05) is 18.6 Å². The molecule has 0 aliphatic heterocycles. The highest BCUT2D eigenvalue weighted by atomic mass is 32.1. The molecule has 1 atom stereocenters. The molecule has 92 valence electrons. The largest absolute Gasteiger partial charge is 0.452 e. The number of halogens is 3. The Hall–Kier alpha value is -0.930. The molecule has 0 spiro atoms. The Labute approximate surface area is 93.4 Å². The lowest BCUT2D eigenvalue weighted by Gasteiger charge is -2.13. The molecule has 0 radical (unpaired) electrons. The van der Waals surface area contributed by atoms with Gasteiger partial charge >= 0.3 is 6.18 Å². The van der Waals surface area contributed by atoms with Gasteiger partial charge in [-0.2, -0.15) is 22.5 Å². The van der Waals surface area contributed by atoms with E-state index in [-0.39, 0.29) is 18.3 Å². The lowest BCUT2D eigenvalue weighted by Crippen LogP contribution is -2.28. The minimum Gasteiger partial charge on any atom is -0.394 e. The molecule has 5 nitrogen and oxygen atoms in total. The van der Waals surface area contributed by atoms with Crippen LogP contribution in [0.3, 0.4) is 0 Å². The summed E-state index contributed by atoms with van der Waals surface area (Å²) in [6.07, 6.45) is -4.55. The molecule has 1 aromatic heterocycles. The van der Waals surface area contributed by atoms with E-state index in [1.54, 1.807) is 0 Å². The zero-order valence-electron chi connectivity index (χ0n) is 8.28. The minimum atomic E-state index is -4.55. The van der Waals surface area contributed by atoms with Crippen LogP contribution in [0.4, 0.5) is 18.3 Å². The molecular weight excluding hydrogens is 247 g/mol. The van der Waals surface area contributed by atoms with E-state index in [1.807, 2.05) is 0 Å². The molecule has 1 heterocycles. The number of alkyl halides is 3. The van der Waals surface area contributed by atoms with Gasteiger partial charge in [0.05, 0.1) is 19.3 Å². The minimum absolute atomic E-state index is 0.00317. The van der Waals surface area contributed by atoms with Crippen LogP contribution >= 0.6 is 11.5 Å². The molecule has 0 aliphatic rings. The maximum Gasteiger partial charge on any atom is 0.452 e. The predicted octanol–water partition coefficient (Wildman–Crippen LogP) is 0.976. The third kappa shape index (κ3) is 3.58. The van der Waals surface area contributed by atoms with E-state index in [1.165, 1.54) is 7.11 Å². The lowest BCUT2D eigenvalue weighted by molar-refractivity contribution is -0.144. The molecule has 0 bridgehead atoms. The van der Waals surface area contributed by atoms with Crippen LogP contribution in [0.5, 0.6) is 0 Å². The van der Waals surface area contributed by atoms with Crippen molar-refractivity contribution in [2.45, 2.75) is 12.2 Å². The number of nitrogens with one attached hydrogen (secondary N) is 1. The molecule has 2 N–H and O–H groups in total. The first kappa shape index (κ1) is 13.1. The molecule has 9 heteroatoms. The third-order valence-electron chi connectivity index (χ3n) is 1.60. The number of anilines is 1.